The van der Waals surface area contributed by atoms with Gasteiger partial charge in [0.15, 0.2) is 5.82 Å². The maximum atomic E-state index is 12.9. The highest BCUT2D eigenvalue weighted by Crippen LogP contribution is 2.37. The normalized spacial score (nSPS) is 11.6. The lowest BCUT2D eigenvalue weighted by atomic mass is 10.1. The second-order valence-corrected chi connectivity index (χ2v) is 5.49. The highest BCUT2D eigenvalue weighted by molar-refractivity contribution is 5.96. The van der Waals surface area contributed by atoms with Crippen LogP contribution >= 0.6 is 0 Å². The molecule has 2 rings (SSSR count). The molecule has 1 aromatic heterocycles. The van der Waals surface area contributed by atoms with E-state index in [0.29, 0.717) is 12.1 Å². The van der Waals surface area contributed by atoms with Crippen molar-refractivity contribution < 1.29 is 27.6 Å². The van der Waals surface area contributed by atoms with E-state index in [2.05, 4.69) is 21.0 Å². The van der Waals surface area contributed by atoms with Gasteiger partial charge in [-0.25, -0.2) is 10.2 Å². The lowest BCUT2D eigenvalue weighted by Crippen LogP contribution is -2.31. The van der Waals surface area contributed by atoms with Gasteiger partial charge in [-0.05, 0) is 12.0 Å². The summed E-state index contributed by atoms with van der Waals surface area (Å²) in [5.41, 5.74) is 2.17. The zero-order valence-corrected chi connectivity index (χ0v) is 13.1. The van der Waals surface area contributed by atoms with Gasteiger partial charge in [0.25, 0.3) is 5.69 Å². The van der Waals surface area contributed by atoms with Crippen molar-refractivity contribution in [3.05, 3.63) is 27.8 Å². The molecule has 2 aromatic rings. The van der Waals surface area contributed by atoms with E-state index in [4.69, 9.17) is 4.74 Å². The Morgan fingerprint density at radius 1 is 1.44 bits per heavy atom. The molecule has 0 fully saturated rings. The molecular formula is C13H14F3N5O4. The van der Waals surface area contributed by atoms with Gasteiger partial charge < -0.3 is 4.74 Å². The summed E-state index contributed by atoms with van der Waals surface area (Å²) >= 11 is 0. The van der Waals surface area contributed by atoms with E-state index in [1.54, 1.807) is 0 Å². The Kier molecular flexibility index (Phi) is 4.99. The molecule has 0 aliphatic heterocycles. The van der Waals surface area contributed by atoms with E-state index in [1.807, 2.05) is 13.8 Å². The number of anilines is 1. The van der Waals surface area contributed by atoms with Crippen LogP contribution in [0.15, 0.2) is 12.1 Å². The number of nitro benzene ring substituents is 1. The number of nitro groups is 1. The lowest BCUT2D eigenvalue weighted by Gasteiger charge is -2.10. The van der Waals surface area contributed by atoms with Crippen LogP contribution in [0, 0.1) is 16.0 Å². The van der Waals surface area contributed by atoms with E-state index in [-0.39, 0.29) is 29.2 Å². The fourth-order valence-electron chi connectivity index (χ4n) is 1.89. The van der Waals surface area contributed by atoms with Crippen LogP contribution in [0.4, 0.5) is 29.5 Å². The molecule has 136 valence electrons. The van der Waals surface area contributed by atoms with Crippen LogP contribution in [0.5, 0.6) is 0 Å². The number of rotatable bonds is 5. The topological polar surface area (TPSA) is 122 Å². The molecule has 0 bridgehead atoms. The van der Waals surface area contributed by atoms with Crippen LogP contribution < -0.4 is 10.9 Å². The van der Waals surface area contributed by atoms with Crippen LogP contribution in [0.1, 0.15) is 19.4 Å². The molecule has 9 nitrogen and oxygen atoms in total. The van der Waals surface area contributed by atoms with E-state index < -0.39 is 28.4 Å². The highest BCUT2D eigenvalue weighted by atomic mass is 19.4. The third-order valence-electron chi connectivity index (χ3n) is 3.01. The Morgan fingerprint density at radius 3 is 2.68 bits per heavy atom. The number of ether oxygens (including phenoxy) is 1. The number of aromatic amines is 1. The van der Waals surface area contributed by atoms with Gasteiger partial charge in [-0.15, -0.1) is 0 Å². The molecular weight excluding hydrogens is 347 g/mol. The molecule has 0 atom stereocenters. The monoisotopic (exact) mass is 361 g/mol. The molecule has 0 aliphatic carbocycles. The number of H-pyrrole nitrogens is 1. The molecule has 0 saturated carbocycles. The fourth-order valence-corrected chi connectivity index (χ4v) is 1.89. The van der Waals surface area contributed by atoms with Crippen molar-refractivity contribution in [2.24, 2.45) is 5.92 Å². The van der Waals surface area contributed by atoms with Gasteiger partial charge in [0, 0.05) is 6.07 Å². The van der Waals surface area contributed by atoms with Crippen molar-refractivity contribution in [1.29, 1.82) is 0 Å². The minimum Gasteiger partial charge on any atom is -0.448 e. The number of hydrazine groups is 1. The largest absolute Gasteiger partial charge is 0.448 e. The molecule has 0 aliphatic rings. The second-order valence-electron chi connectivity index (χ2n) is 5.49. The van der Waals surface area contributed by atoms with Crippen LogP contribution in [-0.2, 0) is 10.9 Å². The number of non-ortho nitro benzene ring substituents is 1. The summed E-state index contributed by atoms with van der Waals surface area (Å²) in [6.07, 6.45) is -5.65. The number of alkyl halides is 3. The minimum absolute atomic E-state index is 0.0916. The molecule has 0 radical (unpaired) electrons. The number of hydrogen-bond donors (Lipinski definition) is 3. The summed E-state index contributed by atoms with van der Waals surface area (Å²) in [6.45, 7) is 3.78. The number of aromatic nitrogens is 2. The third-order valence-corrected chi connectivity index (χ3v) is 3.01. The summed E-state index contributed by atoms with van der Waals surface area (Å²) in [4.78, 5) is 21.5. The second kappa shape index (κ2) is 6.83. The van der Waals surface area contributed by atoms with Crippen LogP contribution in [0.25, 0.3) is 10.9 Å². The van der Waals surface area contributed by atoms with Crippen LogP contribution in [0.2, 0.25) is 0 Å². The quantitative estimate of drug-likeness (QED) is 0.555. The number of hydrogen-bond acceptors (Lipinski definition) is 6. The Labute approximate surface area is 138 Å². The molecule has 1 aromatic carbocycles. The number of amides is 1. The Hall–Kier alpha value is -3.05. The molecule has 0 saturated heterocycles. The van der Waals surface area contributed by atoms with Gasteiger partial charge in [0.1, 0.15) is 5.52 Å². The van der Waals surface area contributed by atoms with Crippen molar-refractivity contribution in [3.8, 4) is 0 Å². The maximum absolute atomic E-state index is 12.9. The SMILES string of the molecule is CC(C)COC(=O)NNc1n[nH]c2c([N+](=O)[O-])cc(C(F)(F)F)cc12. The van der Waals surface area contributed by atoms with Crippen molar-refractivity contribution in [2.45, 2.75) is 20.0 Å². The number of halogens is 3. The van der Waals surface area contributed by atoms with Gasteiger partial charge in [0.2, 0.25) is 0 Å². The van der Waals surface area contributed by atoms with Gasteiger partial charge in [-0.2, -0.15) is 18.3 Å². The van der Waals surface area contributed by atoms with E-state index in [1.165, 1.54) is 0 Å². The minimum atomic E-state index is -4.78. The standard InChI is InChI=1S/C13H14F3N5O4/c1-6(2)5-25-12(22)20-19-11-8-3-7(13(14,15)16)4-9(21(23)24)10(8)17-18-11/h3-4,6H,5H2,1-2H3,(H,20,22)(H2,17,18,19). The Bertz CT molecular complexity index is 803. The van der Waals surface area contributed by atoms with E-state index >= 15 is 0 Å². The Morgan fingerprint density at radius 2 is 2.12 bits per heavy atom. The van der Waals surface area contributed by atoms with Gasteiger partial charge in [0.05, 0.1) is 22.5 Å². The van der Waals surface area contributed by atoms with Crippen molar-refractivity contribution >= 4 is 28.5 Å². The number of benzene rings is 1. The number of nitrogens with zero attached hydrogens (tertiary/aromatic N) is 2. The number of carbonyl (C=O) groups excluding carboxylic acids is 1. The zero-order valence-electron chi connectivity index (χ0n) is 13.1. The molecule has 0 unspecified atom stereocenters. The molecule has 12 heteroatoms. The Balaban J connectivity index is 2.31. The first-order chi connectivity index (χ1) is 11.6. The first kappa shape index (κ1) is 18.3. The van der Waals surface area contributed by atoms with Crippen molar-refractivity contribution in [3.63, 3.8) is 0 Å². The maximum Gasteiger partial charge on any atom is 0.425 e. The smallest absolute Gasteiger partial charge is 0.425 e. The summed E-state index contributed by atoms with van der Waals surface area (Å²) in [5, 5.41) is 16.7. The highest BCUT2D eigenvalue weighted by Gasteiger charge is 2.34. The number of nitrogens with one attached hydrogen (secondary N) is 3. The summed E-state index contributed by atoms with van der Waals surface area (Å²) in [5.74, 6) is -0.125. The fraction of sp³-hybridized carbons (Fsp3) is 0.385. The average molecular weight is 361 g/mol. The predicted octanol–water partition coefficient (Wildman–Crippen LogP) is 3.20. The van der Waals surface area contributed by atoms with Crippen molar-refractivity contribution in [1.82, 2.24) is 15.6 Å². The van der Waals surface area contributed by atoms with Gasteiger partial charge in [-0.1, -0.05) is 13.8 Å². The zero-order chi connectivity index (χ0) is 18.8. The molecule has 0 spiro atoms. The summed E-state index contributed by atoms with van der Waals surface area (Å²) in [6, 6.07) is 1.10. The van der Waals surface area contributed by atoms with Gasteiger partial charge in [-0.3, -0.25) is 20.6 Å². The van der Waals surface area contributed by atoms with Crippen molar-refractivity contribution in [2.75, 3.05) is 12.0 Å². The summed E-state index contributed by atoms with van der Waals surface area (Å²) < 4.78 is 43.6. The molecule has 1 amide bonds. The van der Waals surface area contributed by atoms with E-state index in [0.717, 1.165) is 0 Å². The lowest BCUT2D eigenvalue weighted by molar-refractivity contribution is -0.383. The first-order valence-corrected chi connectivity index (χ1v) is 7.02. The third kappa shape index (κ3) is 4.28. The number of carbonyl (C=O) groups is 1. The molecule has 25 heavy (non-hydrogen) atoms. The molecule has 1 heterocycles. The van der Waals surface area contributed by atoms with Gasteiger partial charge >= 0.3 is 12.3 Å². The summed E-state index contributed by atoms with van der Waals surface area (Å²) in [7, 11) is 0. The number of fused-ring (bicyclic) bond motifs is 1. The van der Waals surface area contributed by atoms with E-state index in [9.17, 15) is 28.1 Å². The first-order valence-electron chi connectivity index (χ1n) is 7.02. The van der Waals surface area contributed by atoms with Crippen LogP contribution in [-0.4, -0.2) is 27.8 Å². The molecule has 3 N–H and O–H groups in total. The van der Waals surface area contributed by atoms with Crippen LogP contribution in [0.3, 0.4) is 0 Å². The predicted molar refractivity (Wildman–Crippen MR) is 80.7 cm³/mol. The average Bonchev–Trinajstić information content (AvgIpc) is 2.92.